The number of fused-ring (bicyclic) bond motifs is 2. The number of amides is 2. The van der Waals surface area contributed by atoms with Crippen molar-refractivity contribution in [2.45, 2.75) is 31.0 Å². The molecule has 4 aromatic rings. The molecule has 0 spiro atoms. The van der Waals surface area contributed by atoms with Crippen LogP contribution in [-0.4, -0.2) is 55.4 Å². The normalized spacial score (nSPS) is 19.2. The van der Waals surface area contributed by atoms with Crippen molar-refractivity contribution in [1.29, 1.82) is 0 Å². The smallest absolute Gasteiger partial charge is 0.416 e. The van der Waals surface area contributed by atoms with Crippen LogP contribution in [0.4, 0.5) is 29.6 Å². The minimum atomic E-state index is -4.55. The number of alkyl halides is 3. The Labute approximate surface area is 219 Å². The van der Waals surface area contributed by atoms with E-state index in [1.165, 1.54) is 0 Å². The summed E-state index contributed by atoms with van der Waals surface area (Å²) in [6.07, 6.45) is 1.09. The van der Waals surface area contributed by atoms with Crippen molar-refractivity contribution in [3.8, 4) is 11.3 Å². The van der Waals surface area contributed by atoms with Gasteiger partial charge >= 0.3 is 12.3 Å². The van der Waals surface area contributed by atoms with E-state index >= 15 is 0 Å². The molecule has 5 heterocycles. The number of nitrogens with two attached hydrogens (primary N) is 1. The molecule has 0 unspecified atom stereocenters. The third-order valence-electron chi connectivity index (χ3n) is 7.06. The Kier molecular flexibility index (Phi) is 5.85. The third-order valence-corrected chi connectivity index (χ3v) is 7.06. The summed E-state index contributed by atoms with van der Waals surface area (Å²) in [4.78, 5) is 39.5. The summed E-state index contributed by atoms with van der Waals surface area (Å²) in [5, 5.41) is 2.40. The first kappa shape index (κ1) is 24.6. The number of benzene rings is 1. The molecule has 0 saturated carbocycles. The Bertz CT molecular complexity index is 1590. The number of piperidine rings is 1. The van der Waals surface area contributed by atoms with Crippen LogP contribution in [0.1, 0.15) is 40.5 Å². The van der Waals surface area contributed by atoms with Crippen LogP contribution in [0.2, 0.25) is 0 Å². The van der Waals surface area contributed by atoms with Crippen LogP contribution in [0.3, 0.4) is 0 Å². The van der Waals surface area contributed by atoms with E-state index in [1.54, 1.807) is 41.6 Å². The van der Waals surface area contributed by atoms with E-state index < -0.39 is 17.6 Å². The molecule has 2 amide bonds. The SMILES string of the molecule is Nc1nccn2c([C@H]3CC[C@H]4COC(=O)N4C3)nc(-c3ccc(C(=O)Nc4cc(C(F)(F)F)ccn4)cc3)c12. The van der Waals surface area contributed by atoms with E-state index in [0.29, 0.717) is 29.9 Å². The molecule has 10 nitrogen and oxygen atoms in total. The largest absolute Gasteiger partial charge is 0.447 e. The number of hydrogen-bond donors (Lipinski definition) is 2. The van der Waals surface area contributed by atoms with Crippen molar-refractivity contribution in [3.05, 3.63) is 71.9 Å². The van der Waals surface area contributed by atoms with Gasteiger partial charge in [0.05, 0.1) is 11.6 Å². The number of nitrogens with zero attached hydrogens (tertiary/aromatic N) is 5. The van der Waals surface area contributed by atoms with Gasteiger partial charge in [-0.2, -0.15) is 13.2 Å². The fourth-order valence-corrected chi connectivity index (χ4v) is 5.10. The Hall–Kier alpha value is -4.68. The monoisotopic (exact) mass is 537 g/mol. The first-order valence-corrected chi connectivity index (χ1v) is 12.2. The van der Waals surface area contributed by atoms with Crippen LogP contribution in [0, 0.1) is 0 Å². The van der Waals surface area contributed by atoms with Gasteiger partial charge in [0.1, 0.15) is 35.3 Å². The second-order valence-electron chi connectivity index (χ2n) is 9.47. The number of pyridine rings is 1. The molecule has 2 atom stereocenters. The molecule has 200 valence electrons. The molecule has 2 saturated heterocycles. The van der Waals surface area contributed by atoms with Gasteiger partial charge < -0.3 is 20.7 Å². The average molecular weight is 538 g/mol. The van der Waals surface area contributed by atoms with Gasteiger partial charge in [0.2, 0.25) is 0 Å². The van der Waals surface area contributed by atoms with Crippen molar-refractivity contribution in [2.75, 3.05) is 24.2 Å². The van der Waals surface area contributed by atoms with Gasteiger partial charge in [-0.05, 0) is 37.1 Å². The predicted molar refractivity (Wildman–Crippen MR) is 134 cm³/mol. The first-order valence-electron chi connectivity index (χ1n) is 12.2. The zero-order valence-corrected chi connectivity index (χ0v) is 20.4. The Morgan fingerprint density at radius 3 is 2.67 bits per heavy atom. The number of carbonyl (C=O) groups is 2. The number of anilines is 2. The Balaban J connectivity index is 1.28. The zero-order chi connectivity index (χ0) is 27.3. The number of halogens is 3. The maximum absolute atomic E-state index is 13.0. The lowest BCUT2D eigenvalue weighted by Crippen LogP contribution is -2.41. The molecule has 0 bridgehead atoms. The number of cyclic esters (lactones) is 1. The highest BCUT2D eigenvalue weighted by Gasteiger charge is 2.40. The molecule has 0 radical (unpaired) electrons. The van der Waals surface area contributed by atoms with Crippen LogP contribution < -0.4 is 11.1 Å². The molecule has 2 aliphatic heterocycles. The van der Waals surface area contributed by atoms with Gasteiger partial charge in [0, 0.05) is 42.2 Å². The van der Waals surface area contributed by atoms with Gasteiger partial charge in [0.25, 0.3) is 5.91 Å². The predicted octanol–water partition coefficient (Wildman–Crippen LogP) is 4.34. The number of hydrogen-bond acceptors (Lipinski definition) is 7. The van der Waals surface area contributed by atoms with Gasteiger partial charge in [-0.25, -0.2) is 19.7 Å². The first-order chi connectivity index (χ1) is 18.7. The average Bonchev–Trinajstić information content (AvgIpc) is 3.50. The summed E-state index contributed by atoms with van der Waals surface area (Å²) in [5.74, 6) is 0.154. The molecular weight excluding hydrogens is 515 g/mol. The number of imidazole rings is 1. The summed E-state index contributed by atoms with van der Waals surface area (Å²) < 4.78 is 46.0. The number of carbonyl (C=O) groups excluding carboxylic acids is 2. The molecule has 13 heteroatoms. The van der Waals surface area contributed by atoms with E-state index in [1.807, 2.05) is 4.40 Å². The highest BCUT2D eigenvalue weighted by atomic mass is 19.4. The summed E-state index contributed by atoms with van der Waals surface area (Å²) in [7, 11) is 0. The van der Waals surface area contributed by atoms with E-state index in [4.69, 9.17) is 15.5 Å². The van der Waals surface area contributed by atoms with Crippen LogP contribution in [0.5, 0.6) is 0 Å². The van der Waals surface area contributed by atoms with Crippen molar-refractivity contribution in [3.63, 3.8) is 0 Å². The summed E-state index contributed by atoms with van der Waals surface area (Å²) >= 11 is 0. The van der Waals surface area contributed by atoms with E-state index in [2.05, 4.69) is 15.3 Å². The standard InChI is InChI=1S/C26H22F3N7O3/c27-26(28,29)17-7-8-31-19(11-17)33-24(37)15-3-1-14(2-4-15)20-21-22(30)32-9-10-35(21)23(34-20)16-5-6-18-13-39-25(38)36(18)12-16/h1-4,7-11,16,18H,5-6,12-13H2,(H2,30,32)(H,31,33,37)/t16-,18-/m0/s1. The second-order valence-corrected chi connectivity index (χ2v) is 9.47. The van der Waals surface area contributed by atoms with E-state index in [0.717, 1.165) is 37.0 Å². The van der Waals surface area contributed by atoms with E-state index in [9.17, 15) is 22.8 Å². The molecule has 1 aromatic carbocycles. The lowest BCUT2D eigenvalue weighted by molar-refractivity contribution is -0.137. The summed E-state index contributed by atoms with van der Waals surface area (Å²) in [6.45, 7) is 0.882. The van der Waals surface area contributed by atoms with Crippen LogP contribution in [-0.2, 0) is 10.9 Å². The fourth-order valence-electron chi connectivity index (χ4n) is 5.10. The van der Waals surface area contributed by atoms with Crippen LogP contribution >= 0.6 is 0 Å². The van der Waals surface area contributed by atoms with E-state index in [-0.39, 0.29) is 35.3 Å². The highest BCUT2D eigenvalue weighted by Crippen LogP contribution is 2.37. The molecule has 2 fully saturated rings. The number of nitrogens with one attached hydrogen (secondary N) is 1. The minimum absolute atomic E-state index is 0.0417. The summed E-state index contributed by atoms with van der Waals surface area (Å²) in [5.41, 5.74) is 7.39. The van der Waals surface area contributed by atoms with Crippen molar-refractivity contribution in [1.82, 2.24) is 24.3 Å². The maximum atomic E-state index is 13.0. The molecule has 3 aromatic heterocycles. The number of aromatic nitrogens is 4. The van der Waals surface area contributed by atoms with Gasteiger partial charge in [-0.3, -0.25) is 9.20 Å². The zero-order valence-electron chi connectivity index (χ0n) is 20.4. The molecule has 39 heavy (non-hydrogen) atoms. The van der Waals surface area contributed by atoms with Crippen LogP contribution in [0.25, 0.3) is 16.8 Å². The lowest BCUT2D eigenvalue weighted by Gasteiger charge is -2.31. The van der Waals surface area contributed by atoms with Crippen molar-refractivity contribution >= 4 is 29.2 Å². The maximum Gasteiger partial charge on any atom is 0.416 e. The third kappa shape index (κ3) is 4.49. The quantitative estimate of drug-likeness (QED) is 0.396. The lowest BCUT2D eigenvalue weighted by atomic mass is 9.93. The second kappa shape index (κ2) is 9.26. The van der Waals surface area contributed by atoms with Gasteiger partial charge in [-0.15, -0.1) is 0 Å². The van der Waals surface area contributed by atoms with Gasteiger partial charge in [-0.1, -0.05) is 12.1 Å². The Morgan fingerprint density at radius 1 is 1.10 bits per heavy atom. The fraction of sp³-hybridized carbons (Fsp3) is 0.269. The molecule has 3 N–H and O–H groups in total. The Morgan fingerprint density at radius 2 is 1.90 bits per heavy atom. The highest BCUT2D eigenvalue weighted by molar-refractivity contribution is 6.04. The number of nitrogen functional groups attached to an aromatic ring is 1. The van der Waals surface area contributed by atoms with Crippen LogP contribution in [0.15, 0.2) is 55.0 Å². The molecule has 2 aliphatic rings. The minimum Gasteiger partial charge on any atom is -0.447 e. The van der Waals surface area contributed by atoms with Crippen molar-refractivity contribution in [2.24, 2.45) is 0 Å². The van der Waals surface area contributed by atoms with Gasteiger partial charge in [0.15, 0.2) is 0 Å². The molecular formula is C26H22F3N7O3. The molecule has 6 rings (SSSR count). The number of rotatable bonds is 4. The van der Waals surface area contributed by atoms with Crippen molar-refractivity contribution < 1.29 is 27.5 Å². The topological polar surface area (TPSA) is 128 Å². The number of ether oxygens (including phenoxy) is 1. The summed E-state index contributed by atoms with van der Waals surface area (Å²) in [6, 6.07) is 8.13. The molecule has 0 aliphatic carbocycles.